The van der Waals surface area contributed by atoms with E-state index in [1.807, 2.05) is 54.6 Å². The zero-order valence-corrected chi connectivity index (χ0v) is 17.9. The van der Waals surface area contributed by atoms with E-state index in [1.54, 1.807) is 14.2 Å². The van der Waals surface area contributed by atoms with Crippen molar-refractivity contribution >= 4 is 17.0 Å². The lowest BCUT2D eigenvalue weighted by molar-refractivity contribution is 0.0952. The first kappa shape index (κ1) is 20.1. The summed E-state index contributed by atoms with van der Waals surface area (Å²) in [4.78, 5) is 18.0. The number of aromatic nitrogens is 2. The van der Waals surface area contributed by atoms with Crippen molar-refractivity contribution in [3.63, 3.8) is 0 Å². The van der Waals surface area contributed by atoms with Crippen molar-refractivity contribution in [1.29, 1.82) is 0 Å². The summed E-state index contributed by atoms with van der Waals surface area (Å²) in [5, 5.41) is 7.88. The average Bonchev–Trinajstić information content (AvgIpc) is 3.61. The molecule has 1 aliphatic rings. The molecule has 1 fully saturated rings. The number of fused-ring (bicyclic) bond motifs is 1. The molecular weight excluding hydrogens is 406 g/mol. The minimum atomic E-state index is -0.218. The van der Waals surface area contributed by atoms with Crippen molar-refractivity contribution in [2.45, 2.75) is 25.3 Å². The molecule has 4 aromatic rings. The fourth-order valence-electron chi connectivity index (χ4n) is 3.89. The van der Waals surface area contributed by atoms with Gasteiger partial charge in [-0.15, -0.1) is 0 Å². The first-order valence-electron chi connectivity index (χ1n) is 10.5. The van der Waals surface area contributed by atoms with E-state index in [2.05, 4.69) is 15.5 Å². The van der Waals surface area contributed by atoms with Gasteiger partial charge < -0.3 is 19.3 Å². The minimum Gasteiger partial charge on any atom is -0.493 e. The number of rotatable bonds is 7. The average molecular weight is 429 g/mol. The van der Waals surface area contributed by atoms with Gasteiger partial charge in [0.05, 0.1) is 25.2 Å². The first-order valence-corrected chi connectivity index (χ1v) is 10.5. The molecule has 7 heteroatoms. The number of para-hydroxylation sites is 1. The molecule has 0 radical (unpaired) electrons. The molecule has 2 aromatic heterocycles. The van der Waals surface area contributed by atoms with E-state index in [0.717, 1.165) is 29.7 Å². The SMILES string of the molecule is COc1cccc(CNC(=O)c2cc(C3CC3)nc3onc(-c4ccccc4)c23)c1OC. The third-order valence-electron chi connectivity index (χ3n) is 5.68. The van der Waals surface area contributed by atoms with Crippen molar-refractivity contribution in [1.82, 2.24) is 15.5 Å². The normalized spacial score (nSPS) is 13.2. The molecule has 32 heavy (non-hydrogen) atoms. The number of carbonyl (C=O) groups excluding carboxylic acids is 1. The smallest absolute Gasteiger partial charge is 0.259 e. The van der Waals surface area contributed by atoms with Gasteiger partial charge in [0.25, 0.3) is 11.6 Å². The summed E-state index contributed by atoms with van der Waals surface area (Å²) in [6, 6.07) is 17.1. The molecule has 0 unspecified atom stereocenters. The van der Waals surface area contributed by atoms with Crippen LogP contribution in [-0.2, 0) is 6.54 Å². The highest BCUT2D eigenvalue weighted by atomic mass is 16.5. The summed E-state index contributed by atoms with van der Waals surface area (Å²) < 4.78 is 16.4. The Balaban J connectivity index is 1.53. The van der Waals surface area contributed by atoms with E-state index in [0.29, 0.717) is 39.8 Å². The molecule has 2 aromatic carbocycles. The lowest BCUT2D eigenvalue weighted by Crippen LogP contribution is -2.23. The van der Waals surface area contributed by atoms with Crippen LogP contribution in [0.25, 0.3) is 22.4 Å². The maximum atomic E-state index is 13.4. The van der Waals surface area contributed by atoms with Crippen LogP contribution >= 0.6 is 0 Å². The molecule has 0 spiro atoms. The van der Waals surface area contributed by atoms with E-state index in [1.165, 1.54) is 0 Å². The Hall–Kier alpha value is -3.87. The van der Waals surface area contributed by atoms with Crippen LogP contribution in [0.15, 0.2) is 59.1 Å². The second kappa shape index (κ2) is 8.34. The molecule has 2 heterocycles. The van der Waals surface area contributed by atoms with Gasteiger partial charge in [0.1, 0.15) is 5.69 Å². The number of methoxy groups -OCH3 is 2. The molecule has 5 rings (SSSR count). The van der Waals surface area contributed by atoms with Crippen molar-refractivity contribution in [3.8, 4) is 22.8 Å². The van der Waals surface area contributed by atoms with E-state index in [4.69, 9.17) is 14.0 Å². The molecule has 0 aliphatic heterocycles. The molecule has 1 aliphatic carbocycles. The minimum absolute atomic E-state index is 0.218. The number of ether oxygens (including phenoxy) is 2. The van der Waals surface area contributed by atoms with Crippen LogP contribution < -0.4 is 14.8 Å². The Kier molecular flexibility index (Phi) is 5.23. The molecule has 162 valence electrons. The van der Waals surface area contributed by atoms with Crippen LogP contribution in [0.2, 0.25) is 0 Å². The number of benzene rings is 2. The van der Waals surface area contributed by atoms with Crippen molar-refractivity contribution in [2.75, 3.05) is 14.2 Å². The monoisotopic (exact) mass is 429 g/mol. The number of hydrogen-bond acceptors (Lipinski definition) is 6. The molecule has 1 amide bonds. The predicted molar refractivity (Wildman–Crippen MR) is 120 cm³/mol. The van der Waals surface area contributed by atoms with Gasteiger partial charge in [-0.1, -0.05) is 47.6 Å². The molecular formula is C25H23N3O4. The third kappa shape index (κ3) is 3.66. The highest BCUT2D eigenvalue weighted by molar-refractivity contribution is 6.09. The summed E-state index contributed by atoms with van der Waals surface area (Å²) in [6.07, 6.45) is 2.14. The van der Waals surface area contributed by atoms with Crippen LogP contribution in [0, 0.1) is 0 Å². The molecule has 0 atom stereocenters. The Labute approximate surface area is 185 Å². The number of amides is 1. The standard InChI is InChI=1S/C25H23N3O4/c1-30-20-10-6-9-17(23(20)31-2)14-26-24(29)18-13-19(15-11-12-15)27-25-21(18)22(28-32-25)16-7-4-3-5-8-16/h3-10,13,15H,11-12,14H2,1-2H3,(H,26,29). The predicted octanol–water partition coefficient (Wildman–Crippen LogP) is 4.71. The molecule has 1 saturated carbocycles. The summed E-state index contributed by atoms with van der Waals surface area (Å²) in [5.41, 5.74) is 4.07. The Bertz CT molecular complexity index is 1280. The van der Waals surface area contributed by atoms with Crippen LogP contribution in [0.5, 0.6) is 11.5 Å². The highest BCUT2D eigenvalue weighted by Gasteiger charge is 2.29. The third-order valence-corrected chi connectivity index (χ3v) is 5.68. The van der Waals surface area contributed by atoms with Gasteiger partial charge in [-0.25, -0.2) is 4.98 Å². The summed E-state index contributed by atoms with van der Waals surface area (Å²) >= 11 is 0. The molecule has 0 bridgehead atoms. The van der Waals surface area contributed by atoms with E-state index < -0.39 is 0 Å². The van der Waals surface area contributed by atoms with Crippen LogP contribution in [0.4, 0.5) is 0 Å². The largest absolute Gasteiger partial charge is 0.493 e. The quantitative estimate of drug-likeness (QED) is 0.458. The van der Waals surface area contributed by atoms with Crippen molar-refractivity contribution in [2.24, 2.45) is 0 Å². The van der Waals surface area contributed by atoms with Crippen molar-refractivity contribution in [3.05, 3.63) is 71.4 Å². The number of carbonyl (C=O) groups is 1. The lowest BCUT2D eigenvalue weighted by Gasteiger charge is -2.13. The second-order valence-electron chi connectivity index (χ2n) is 7.78. The van der Waals surface area contributed by atoms with Crippen LogP contribution in [0.1, 0.15) is 40.4 Å². The second-order valence-corrected chi connectivity index (χ2v) is 7.78. The number of nitrogens with zero attached hydrogens (tertiary/aromatic N) is 2. The number of pyridine rings is 1. The molecule has 0 saturated heterocycles. The summed E-state index contributed by atoms with van der Waals surface area (Å²) in [6.45, 7) is 0.285. The molecule has 7 nitrogen and oxygen atoms in total. The van der Waals surface area contributed by atoms with Gasteiger partial charge in [0.2, 0.25) is 0 Å². The summed E-state index contributed by atoms with van der Waals surface area (Å²) in [7, 11) is 3.17. The van der Waals surface area contributed by atoms with Crippen LogP contribution in [0.3, 0.4) is 0 Å². The van der Waals surface area contributed by atoms with Gasteiger partial charge in [0, 0.05) is 29.3 Å². The lowest BCUT2D eigenvalue weighted by atomic mass is 10.0. The van der Waals surface area contributed by atoms with Gasteiger partial charge >= 0.3 is 0 Å². The van der Waals surface area contributed by atoms with E-state index in [9.17, 15) is 4.79 Å². The van der Waals surface area contributed by atoms with Gasteiger partial charge in [-0.3, -0.25) is 4.79 Å². The van der Waals surface area contributed by atoms with Gasteiger partial charge in [-0.2, -0.15) is 0 Å². The maximum Gasteiger partial charge on any atom is 0.259 e. The first-order chi connectivity index (χ1) is 15.7. The highest BCUT2D eigenvalue weighted by Crippen LogP contribution is 2.41. The van der Waals surface area contributed by atoms with Gasteiger partial charge in [-0.05, 0) is 25.0 Å². The fourth-order valence-corrected chi connectivity index (χ4v) is 3.89. The van der Waals surface area contributed by atoms with Crippen LogP contribution in [-0.4, -0.2) is 30.3 Å². The summed E-state index contributed by atoms with van der Waals surface area (Å²) in [5.74, 6) is 1.37. The Morgan fingerprint density at radius 1 is 1.09 bits per heavy atom. The Morgan fingerprint density at radius 2 is 1.91 bits per heavy atom. The zero-order valence-electron chi connectivity index (χ0n) is 17.9. The topological polar surface area (TPSA) is 86.5 Å². The Morgan fingerprint density at radius 3 is 2.62 bits per heavy atom. The zero-order chi connectivity index (χ0) is 22.1. The van der Waals surface area contributed by atoms with E-state index in [-0.39, 0.29) is 12.5 Å². The van der Waals surface area contributed by atoms with Crippen molar-refractivity contribution < 1.29 is 18.8 Å². The van der Waals surface area contributed by atoms with Gasteiger partial charge in [0.15, 0.2) is 11.5 Å². The number of hydrogen-bond donors (Lipinski definition) is 1. The molecule has 1 N–H and O–H groups in total. The maximum absolute atomic E-state index is 13.4. The fraction of sp³-hybridized carbons (Fsp3) is 0.240. The van der Waals surface area contributed by atoms with E-state index >= 15 is 0 Å². The number of nitrogens with one attached hydrogen (secondary N) is 1.